The van der Waals surface area contributed by atoms with Gasteiger partial charge in [0.15, 0.2) is 9.84 Å². The topological polar surface area (TPSA) is 62.3 Å². The van der Waals surface area contributed by atoms with Gasteiger partial charge in [0.05, 0.1) is 17.2 Å². The van der Waals surface area contributed by atoms with Gasteiger partial charge in [-0.2, -0.15) is 0 Å². The van der Waals surface area contributed by atoms with Crippen LogP contribution in [0.15, 0.2) is 5.38 Å². The second-order valence-electron chi connectivity index (χ2n) is 4.54. The quantitative estimate of drug-likeness (QED) is 0.874. The van der Waals surface area contributed by atoms with Crippen molar-refractivity contribution in [1.82, 2.24) is 15.2 Å². The highest BCUT2D eigenvalue weighted by Crippen LogP contribution is 2.13. The van der Waals surface area contributed by atoms with Crippen LogP contribution in [0.2, 0.25) is 0 Å². The molecule has 5 nitrogen and oxygen atoms in total. The third-order valence-electron chi connectivity index (χ3n) is 2.96. The molecule has 1 aliphatic heterocycles. The van der Waals surface area contributed by atoms with E-state index in [1.54, 1.807) is 11.3 Å². The van der Waals surface area contributed by atoms with Gasteiger partial charge in [0, 0.05) is 25.0 Å². The van der Waals surface area contributed by atoms with Crippen LogP contribution in [0, 0.1) is 0 Å². The van der Waals surface area contributed by atoms with E-state index >= 15 is 0 Å². The number of thiazole rings is 1. The highest BCUT2D eigenvalue weighted by Gasteiger charge is 2.19. The lowest BCUT2D eigenvalue weighted by atomic mass is 10.3. The lowest BCUT2D eigenvalue weighted by Gasteiger charge is -2.17. The first kappa shape index (κ1) is 13.9. The lowest BCUT2D eigenvalue weighted by Crippen LogP contribution is -2.26. The molecule has 7 heteroatoms. The van der Waals surface area contributed by atoms with Crippen LogP contribution in [0.25, 0.3) is 0 Å². The number of hydrogen-bond donors (Lipinski definition) is 1. The first-order valence-corrected chi connectivity index (χ1v) is 8.80. The van der Waals surface area contributed by atoms with Gasteiger partial charge < -0.3 is 5.32 Å². The zero-order valence-corrected chi connectivity index (χ0v) is 12.2. The molecular weight excluding hydrogens is 270 g/mol. The molecule has 0 radical (unpaired) electrons. The summed E-state index contributed by atoms with van der Waals surface area (Å²) < 4.78 is 23.0. The molecule has 18 heavy (non-hydrogen) atoms. The molecule has 2 heterocycles. The Labute approximate surface area is 112 Å². The molecule has 1 fully saturated rings. The van der Waals surface area contributed by atoms with Gasteiger partial charge in [0.25, 0.3) is 0 Å². The van der Waals surface area contributed by atoms with Crippen molar-refractivity contribution in [3.05, 3.63) is 16.1 Å². The number of nitrogens with zero attached hydrogens (tertiary/aromatic N) is 2. The number of nitrogens with one attached hydrogen (secondary N) is 1. The molecule has 0 aliphatic carbocycles. The summed E-state index contributed by atoms with van der Waals surface area (Å²) in [4.78, 5) is 6.71. The first-order valence-electron chi connectivity index (χ1n) is 6.10. The Bertz CT molecular complexity index is 484. The van der Waals surface area contributed by atoms with Crippen LogP contribution >= 0.6 is 11.3 Å². The highest BCUT2D eigenvalue weighted by atomic mass is 32.2. The molecule has 0 atom stereocenters. The van der Waals surface area contributed by atoms with Crippen molar-refractivity contribution in [2.24, 2.45) is 0 Å². The summed E-state index contributed by atoms with van der Waals surface area (Å²) in [6.07, 6.45) is 0.732. The molecular formula is C11H19N3O2S2. The SMILES string of the molecule is CNCc1nc(CN2CCCS(=O)(=O)CC2)cs1. The van der Waals surface area contributed by atoms with E-state index in [0.717, 1.165) is 36.8 Å². The van der Waals surface area contributed by atoms with Gasteiger partial charge in [0.2, 0.25) is 0 Å². The zero-order chi connectivity index (χ0) is 13.0. The Morgan fingerprint density at radius 3 is 3.06 bits per heavy atom. The van der Waals surface area contributed by atoms with Crippen LogP contribution in [-0.4, -0.2) is 49.9 Å². The number of sulfone groups is 1. The van der Waals surface area contributed by atoms with Crippen LogP contribution in [0.1, 0.15) is 17.1 Å². The minimum atomic E-state index is -2.82. The predicted octanol–water partition coefficient (Wildman–Crippen LogP) is 0.483. The smallest absolute Gasteiger partial charge is 0.151 e. The van der Waals surface area contributed by atoms with E-state index in [-0.39, 0.29) is 5.75 Å². The third-order valence-corrected chi connectivity index (χ3v) is 5.57. The van der Waals surface area contributed by atoms with E-state index < -0.39 is 9.84 Å². The summed E-state index contributed by atoms with van der Waals surface area (Å²) in [5, 5.41) is 6.22. The fourth-order valence-electron chi connectivity index (χ4n) is 2.03. The predicted molar refractivity (Wildman–Crippen MR) is 73.4 cm³/mol. The van der Waals surface area contributed by atoms with Crippen molar-refractivity contribution in [1.29, 1.82) is 0 Å². The fourth-order valence-corrected chi connectivity index (χ4v) is 4.14. The highest BCUT2D eigenvalue weighted by molar-refractivity contribution is 7.91. The van der Waals surface area contributed by atoms with Crippen LogP contribution in [0.3, 0.4) is 0 Å². The molecule has 1 saturated heterocycles. The third kappa shape index (κ3) is 4.01. The normalized spacial score (nSPS) is 20.7. The minimum absolute atomic E-state index is 0.278. The fraction of sp³-hybridized carbons (Fsp3) is 0.727. The van der Waals surface area contributed by atoms with Crippen molar-refractivity contribution in [3.8, 4) is 0 Å². The molecule has 1 aliphatic rings. The van der Waals surface area contributed by atoms with Gasteiger partial charge in [-0.05, 0) is 20.0 Å². The van der Waals surface area contributed by atoms with Gasteiger partial charge in [-0.25, -0.2) is 13.4 Å². The minimum Gasteiger partial charge on any atom is -0.314 e. The maximum absolute atomic E-state index is 11.5. The van der Waals surface area contributed by atoms with E-state index in [9.17, 15) is 8.42 Å². The molecule has 1 N–H and O–H groups in total. The van der Waals surface area contributed by atoms with Crippen molar-refractivity contribution in [2.75, 3.05) is 31.6 Å². The zero-order valence-electron chi connectivity index (χ0n) is 10.6. The molecule has 0 amide bonds. The standard InChI is InChI=1S/C11H19N3O2S2/c1-12-7-11-13-10(9-17-11)8-14-3-2-5-18(15,16)6-4-14/h9,12H,2-8H2,1H3. The van der Waals surface area contributed by atoms with Crippen LogP contribution in [0.4, 0.5) is 0 Å². The number of rotatable bonds is 4. The summed E-state index contributed by atoms with van der Waals surface area (Å²) in [5.74, 6) is 0.603. The van der Waals surface area contributed by atoms with Gasteiger partial charge in [-0.15, -0.1) is 11.3 Å². The maximum Gasteiger partial charge on any atom is 0.151 e. The molecule has 1 aromatic rings. The van der Waals surface area contributed by atoms with Crippen molar-refractivity contribution >= 4 is 21.2 Å². The first-order chi connectivity index (χ1) is 8.59. The number of aromatic nitrogens is 1. The molecule has 0 saturated carbocycles. The monoisotopic (exact) mass is 289 g/mol. The lowest BCUT2D eigenvalue weighted by molar-refractivity contribution is 0.284. The molecule has 0 aromatic carbocycles. The van der Waals surface area contributed by atoms with Crippen LogP contribution in [0.5, 0.6) is 0 Å². The number of hydrogen-bond acceptors (Lipinski definition) is 6. The van der Waals surface area contributed by atoms with Crippen molar-refractivity contribution < 1.29 is 8.42 Å². The second-order valence-corrected chi connectivity index (χ2v) is 7.79. The van der Waals surface area contributed by atoms with Gasteiger partial charge in [0.1, 0.15) is 5.01 Å². The summed E-state index contributed by atoms with van der Waals surface area (Å²) >= 11 is 1.65. The Hall–Kier alpha value is -0.500. The average molecular weight is 289 g/mol. The molecule has 2 rings (SSSR count). The summed E-state index contributed by atoms with van der Waals surface area (Å²) in [6, 6.07) is 0. The van der Waals surface area contributed by atoms with E-state index in [4.69, 9.17) is 0 Å². The summed E-state index contributed by atoms with van der Waals surface area (Å²) in [7, 11) is -0.914. The van der Waals surface area contributed by atoms with Gasteiger partial charge in [-0.3, -0.25) is 4.90 Å². The molecule has 102 valence electrons. The molecule has 1 aromatic heterocycles. The van der Waals surface area contributed by atoms with E-state index in [2.05, 4.69) is 20.6 Å². The summed E-state index contributed by atoms with van der Waals surface area (Å²) in [6.45, 7) is 3.02. The van der Waals surface area contributed by atoms with Gasteiger partial charge in [-0.1, -0.05) is 0 Å². The van der Waals surface area contributed by atoms with E-state index in [0.29, 0.717) is 12.3 Å². The molecule has 0 spiro atoms. The van der Waals surface area contributed by atoms with Crippen LogP contribution in [-0.2, 0) is 22.9 Å². The van der Waals surface area contributed by atoms with Gasteiger partial charge >= 0.3 is 0 Å². The van der Waals surface area contributed by atoms with Crippen LogP contribution < -0.4 is 5.32 Å². The van der Waals surface area contributed by atoms with E-state index in [1.165, 1.54) is 0 Å². The Morgan fingerprint density at radius 2 is 2.28 bits per heavy atom. The maximum atomic E-state index is 11.5. The van der Waals surface area contributed by atoms with E-state index in [1.807, 2.05) is 7.05 Å². The Kier molecular flexibility index (Phi) is 4.71. The molecule has 0 unspecified atom stereocenters. The Morgan fingerprint density at radius 1 is 1.44 bits per heavy atom. The Balaban J connectivity index is 1.92. The molecule has 0 bridgehead atoms. The van der Waals surface area contributed by atoms with Crippen molar-refractivity contribution in [3.63, 3.8) is 0 Å². The summed E-state index contributed by atoms with van der Waals surface area (Å²) in [5.41, 5.74) is 1.05. The second kappa shape index (κ2) is 6.10. The largest absolute Gasteiger partial charge is 0.314 e. The average Bonchev–Trinajstić information content (AvgIpc) is 2.66. The van der Waals surface area contributed by atoms with Crippen molar-refractivity contribution in [2.45, 2.75) is 19.5 Å².